The van der Waals surface area contributed by atoms with E-state index in [-0.39, 0.29) is 32.1 Å². The molecule has 0 aliphatic carbocycles. The van der Waals surface area contributed by atoms with Crippen molar-refractivity contribution in [2.45, 2.75) is 56.3 Å². The topological polar surface area (TPSA) is 219 Å². The zero-order chi connectivity index (χ0) is 34.9. The maximum Gasteiger partial charge on any atom is 0.326 e. The summed E-state index contributed by atoms with van der Waals surface area (Å²) in [5.41, 5.74) is 9.73. The van der Waals surface area contributed by atoms with Crippen LogP contribution in [0.1, 0.15) is 29.5 Å². The largest absolute Gasteiger partial charge is 0.481 e. The average molecular weight is 667 g/mol. The summed E-state index contributed by atoms with van der Waals surface area (Å²) in [6, 6.07) is 18.8. The summed E-state index contributed by atoms with van der Waals surface area (Å²) in [5, 5.41) is 28.8. The minimum Gasteiger partial charge on any atom is -0.481 e. The van der Waals surface area contributed by atoms with Gasteiger partial charge in [-0.3, -0.25) is 19.2 Å². The molecule has 3 aromatic carbocycles. The number of carbonyl (C=O) groups excluding carboxylic acids is 3. The van der Waals surface area contributed by atoms with Crippen molar-refractivity contribution in [1.29, 1.82) is 0 Å². The first-order valence-electron chi connectivity index (χ1n) is 15.8. The van der Waals surface area contributed by atoms with Crippen molar-refractivity contribution in [3.63, 3.8) is 0 Å². The Morgan fingerprint density at radius 1 is 0.612 bits per heavy atom. The summed E-state index contributed by atoms with van der Waals surface area (Å²) in [5.74, 6) is -4.52. The van der Waals surface area contributed by atoms with Gasteiger partial charge in [0, 0.05) is 59.9 Å². The number of rotatable bonds is 16. The van der Waals surface area contributed by atoms with Crippen LogP contribution in [0.4, 0.5) is 0 Å². The smallest absolute Gasteiger partial charge is 0.326 e. The lowest BCUT2D eigenvalue weighted by Gasteiger charge is -2.25. The Hall–Kier alpha value is -5.95. The van der Waals surface area contributed by atoms with Crippen molar-refractivity contribution in [2.75, 3.05) is 0 Å². The van der Waals surface area contributed by atoms with E-state index >= 15 is 0 Å². The number of hydrogen-bond donors (Lipinski definition) is 8. The number of aromatic nitrogens is 2. The minimum atomic E-state index is -1.31. The van der Waals surface area contributed by atoms with Crippen molar-refractivity contribution in [2.24, 2.45) is 5.73 Å². The number of H-pyrrole nitrogens is 2. The van der Waals surface area contributed by atoms with Crippen molar-refractivity contribution < 1.29 is 34.2 Å². The molecule has 3 amide bonds. The summed E-state index contributed by atoms with van der Waals surface area (Å²) in [4.78, 5) is 70.5. The number of aromatic amines is 2. The average Bonchev–Trinajstić information content (AvgIpc) is 3.70. The van der Waals surface area contributed by atoms with Gasteiger partial charge < -0.3 is 41.9 Å². The van der Waals surface area contributed by atoms with Gasteiger partial charge in [0.15, 0.2) is 0 Å². The van der Waals surface area contributed by atoms with Crippen molar-refractivity contribution in [3.05, 3.63) is 108 Å². The fraction of sp³-hybridized carbons (Fsp3) is 0.250. The molecule has 5 rings (SSSR count). The van der Waals surface area contributed by atoms with Gasteiger partial charge in [-0.1, -0.05) is 66.7 Å². The van der Waals surface area contributed by atoms with Crippen molar-refractivity contribution >= 4 is 51.5 Å². The van der Waals surface area contributed by atoms with Gasteiger partial charge in [0.1, 0.15) is 18.1 Å². The molecule has 0 aliphatic heterocycles. The normalized spacial score (nSPS) is 13.7. The van der Waals surface area contributed by atoms with E-state index in [0.717, 1.165) is 21.8 Å². The van der Waals surface area contributed by atoms with E-state index in [1.54, 1.807) is 42.7 Å². The van der Waals surface area contributed by atoms with Crippen LogP contribution in [-0.4, -0.2) is 74.0 Å². The van der Waals surface area contributed by atoms with Gasteiger partial charge in [-0.2, -0.15) is 0 Å². The van der Waals surface area contributed by atoms with E-state index in [9.17, 15) is 29.1 Å². The Bertz CT molecular complexity index is 1950. The second-order valence-electron chi connectivity index (χ2n) is 11.9. The monoisotopic (exact) mass is 666 g/mol. The van der Waals surface area contributed by atoms with Crippen LogP contribution in [-0.2, 0) is 43.2 Å². The summed E-state index contributed by atoms with van der Waals surface area (Å²) in [7, 11) is 0. The Morgan fingerprint density at radius 2 is 1.08 bits per heavy atom. The lowest BCUT2D eigenvalue weighted by atomic mass is 10.0. The first-order chi connectivity index (χ1) is 23.6. The van der Waals surface area contributed by atoms with Crippen LogP contribution < -0.4 is 21.7 Å². The van der Waals surface area contributed by atoms with Gasteiger partial charge in [-0.25, -0.2) is 4.79 Å². The molecule has 4 atom stereocenters. The molecule has 2 aromatic heterocycles. The Labute approximate surface area is 281 Å². The number of fused-ring (bicyclic) bond motifs is 2. The SMILES string of the molecule is NC(CCC(=O)O)C(=O)NC(Cc1c[nH]c2ccccc12)C(=O)NC(Cc1ccccc1)C(=O)NC(Cc1c[nH]c2ccccc12)C(=O)O. The molecule has 0 saturated carbocycles. The maximum atomic E-state index is 14.0. The van der Waals surface area contributed by atoms with Gasteiger partial charge in [0.25, 0.3) is 0 Å². The van der Waals surface area contributed by atoms with E-state index in [1.807, 2.05) is 48.5 Å². The number of benzene rings is 3. The second kappa shape index (κ2) is 15.8. The highest BCUT2D eigenvalue weighted by Crippen LogP contribution is 2.21. The minimum absolute atomic E-state index is 0.00936. The third-order valence-corrected chi connectivity index (χ3v) is 8.37. The number of carboxylic acid groups (broad SMARTS) is 2. The van der Waals surface area contributed by atoms with Crippen LogP contribution >= 0.6 is 0 Å². The molecule has 0 saturated heterocycles. The van der Waals surface area contributed by atoms with Crippen LogP contribution in [0.5, 0.6) is 0 Å². The number of nitrogens with one attached hydrogen (secondary N) is 5. The van der Waals surface area contributed by atoms with Crippen molar-refractivity contribution in [1.82, 2.24) is 25.9 Å². The molecular formula is C36H38N6O7. The number of hydrogen-bond acceptors (Lipinski definition) is 6. The molecule has 9 N–H and O–H groups in total. The van der Waals surface area contributed by atoms with E-state index in [1.165, 1.54) is 0 Å². The molecule has 2 heterocycles. The zero-order valence-corrected chi connectivity index (χ0v) is 26.5. The number of carboxylic acids is 2. The van der Waals surface area contributed by atoms with Crippen LogP contribution in [0.3, 0.4) is 0 Å². The molecule has 0 fully saturated rings. The molecule has 0 radical (unpaired) electrons. The summed E-state index contributed by atoms with van der Waals surface area (Å²) >= 11 is 0. The third-order valence-electron chi connectivity index (χ3n) is 8.37. The lowest BCUT2D eigenvalue weighted by molar-refractivity contribution is -0.142. The highest BCUT2D eigenvalue weighted by atomic mass is 16.4. The van der Waals surface area contributed by atoms with Crippen LogP contribution in [0.15, 0.2) is 91.3 Å². The molecular weight excluding hydrogens is 628 g/mol. The van der Waals surface area contributed by atoms with Gasteiger partial charge in [-0.15, -0.1) is 0 Å². The number of nitrogens with two attached hydrogens (primary N) is 1. The first-order valence-corrected chi connectivity index (χ1v) is 15.8. The standard InChI is InChI=1S/C36H38N6O7/c37-26(14-15-32(43)44)33(45)40-30(17-22-19-38-27-12-6-4-10-24(22)27)35(47)41-29(16-21-8-2-1-3-9-21)34(46)42-31(36(48)49)18-23-20-39-28-13-7-5-11-25(23)28/h1-13,19-20,26,29-31,38-39H,14-18,37H2,(H,40,45)(H,41,47)(H,42,46)(H,43,44)(H,48,49). The molecule has 254 valence electrons. The summed E-state index contributed by atoms with van der Waals surface area (Å²) in [6.07, 6.45) is 2.98. The molecule has 0 aliphatic rings. The molecule has 5 aromatic rings. The molecule has 0 bridgehead atoms. The number of para-hydroxylation sites is 2. The van der Waals surface area contributed by atoms with Gasteiger partial charge >= 0.3 is 11.9 Å². The molecule has 4 unspecified atom stereocenters. The highest BCUT2D eigenvalue weighted by Gasteiger charge is 2.31. The lowest BCUT2D eigenvalue weighted by Crippen LogP contribution is -2.58. The number of amides is 3. The highest BCUT2D eigenvalue weighted by molar-refractivity contribution is 5.95. The number of aliphatic carboxylic acids is 2. The van der Waals surface area contributed by atoms with Crippen molar-refractivity contribution in [3.8, 4) is 0 Å². The summed E-state index contributed by atoms with van der Waals surface area (Å²) in [6.45, 7) is 0. The molecule has 13 heteroatoms. The van der Waals surface area contributed by atoms with Gasteiger partial charge in [0.2, 0.25) is 17.7 Å². The van der Waals surface area contributed by atoms with E-state index < -0.39 is 53.8 Å². The fourth-order valence-corrected chi connectivity index (χ4v) is 5.74. The quantitative estimate of drug-likeness (QED) is 0.0780. The summed E-state index contributed by atoms with van der Waals surface area (Å²) < 4.78 is 0. The zero-order valence-electron chi connectivity index (χ0n) is 26.5. The third kappa shape index (κ3) is 8.90. The van der Waals surface area contributed by atoms with E-state index in [0.29, 0.717) is 16.7 Å². The predicted octanol–water partition coefficient (Wildman–Crippen LogP) is 2.41. The predicted molar refractivity (Wildman–Crippen MR) is 182 cm³/mol. The fourth-order valence-electron chi connectivity index (χ4n) is 5.74. The van der Waals surface area contributed by atoms with Gasteiger partial charge in [-0.05, 0) is 35.2 Å². The Balaban J connectivity index is 1.39. The molecule has 13 nitrogen and oxygen atoms in total. The van der Waals surface area contributed by atoms with Crippen LogP contribution in [0.2, 0.25) is 0 Å². The molecule has 49 heavy (non-hydrogen) atoms. The first kappa shape index (κ1) is 34.4. The molecule has 0 spiro atoms. The Kier molecular flexibility index (Phi) is 11.1. The van der Waals surface area contributed by atoms with E-state index in [2.05, 4.69) is 25.9 Å². The van der Waals surface area contributed by atoms with Crippen LogP contribution in [0, 0.1) is 0 Å². The van der Waals surface area contributed by atoms with E-state index in [4.69, 9.17) is 10.8 Å². The van der Waals surface area contributed by atoms with Crippen LogP contribution in [0.25, 0.3) is 21.8 Å². The number of carbonyl (C=O) groups is 5. The second-order valence-corrected chi connectivity index (χ2v) is 11.9. The Morgan fingerprint density at radius 3 is 1.63 bits per heavy atom. The van der Waals surface area contributed by atoms with Gasteiger partial charge in [0.05, 0.1) is 6.04 Å². The maximum absolute atomic E-state index is 14.0.